The molecule has 0 bridgehead atoms. The summed E-state index contributed by atoms with van der Waals surface area (Å²) in [4.78, 5) is 8.70. The van der Waals surface area contributed by atoms with E-state index in [0.717, 1.165) is 22.5 Å². The lowest BCUT2D eigenvalue weighted by atomic mass is 10.4. The normalized spacial score (nSPS) is 15.1. The lowest BCUT2D eigenvalue weighted by molar-refractivity contribution is 0.667. The van der Waals surface area contributed by atoms with Gasteiger partial charge in [0, 0.05) is 25.0 Å². The lowest BCUT2D eigenvalue weighted by Crippen LogP contribution is -2.17. The Labute approximate surface area is 107 Å². The van der Waals surface area contributed by atoms with Crippen LogP contribution in [0.5, 0.6) is 0 Å². The van der Waals surface area contributed by atoms with Crippen LogP contribution in [0, 0.1) is 0 Å². The largest absolute Gasteiger partial charge is 0.308 e. The van der Waals surface area contributed by atoms with Crippen LogP contribution < -0.4 is 5.32 Å². The number of halogens is 1. The van der Waals surface area contributed by atoms with Gasteiger partial charge in [-0.25, -0.2) is 9.67 Å². The maximum atomic E-state index is 4.51. The van der Waals surface area contributed by atoms with E-state index in [1.165, 1.54) is 12.8 Å². The van der Waals surface area contributed by atoms with Crippen molar-refractivity contribution in [1.82, 2.24) is 25.1 Å². The second kappa shape index (κ2) is 4.54. The summed E-state index contributed by atoms with van der Waals surface area (Å²) in [6.45, 7) is 0.772. The van der Waals surface area contributed by atoms with E-state index in [9.17, 15) is 0 Å². The van der Waals surface area contributed by atoms with Crippen molar-refractivity contribution in [2.24, 2.45) is 0 Å². The van der Waals surface area contributed by atoms with Gasteiger partial charge in [0.1, 0.15) is 0 Å². The van der Waals surface area contributed by atoms with Crippen LogP contribution >= 0.6 is 15.9 Å². The number of nitrogens with zero attached hydrogens (tertiary/aromatic N) is 4. The first-order valence-corrected chi connectivity index (χ1v) is 6.35. The molecule has 0 aromatic carbocycles. The Balaban J connectivity index is 1.77. The fourth-order valence-corrected chi connectivity index (χ4v) is 1.84. The van der Waals surface area contributed by atoms with Crippen molar-refractivity contribution in [3.63, 3.8) is 0 Å². The zero-order chi connectivity index (χ0) is 11.7. The van der Waals surface area contributed by atoms with Gasteiger partial charge in [-0.05, 0) is 28.8 Å². The lowest BCUT2D eigenvalue weighted by Gasteiger charge is -2.04. The van der Waals surface area contributed by atoms with Gasteiger partial charge < -0.3 is 5.32 Å². The Morgan fingerprint density at radius 1 is 1.35 bits per heavy atom. The minimum Gasteiger partial charge on any atom is -0.308 e. The van der Waals surface area contributed by atoms with Gasteiger partial charge in [-0.15, -0.1) is 0 Å². The molecule has 0 atom stereocenters. The summed E-state index contributed by atoms with van der Waals surface area (Å²) >= 11 is 3.36. The Kier molecular flexibility index (Phi) is 2.90. The molecule has 2 heterocycles. The highest BCUT2D eigenvalue weighted by atomic mass is 79.9. The molecule has 1 aliphatic carbocycles. The van der Waals surface area contributed by atoms with Crippen molar-refractivity contribution < 1.29 is 0 Å². The van der Waals surface area contributed by atoms with Gasteiger partial charge in [-0.2, -0.15) is 5.10 Å². The summed E-state index contributed by atoms with van der Waals surface area (Å²) in [5.41, 5.74) is 0.945. The van der Waals surface area contributed by atoms with Crippen molar-refractivity contribution >= 4 is 15.9 Å². The van der Waals surface area contributed by atoms with E-state index in [-0.39, 0.29) is 0 Å². The minimum absolute atomic E-state index is 0.680. The highest BCUT2D eigenvalue weighted by Crippen LogP contribution is 2.19. The van der Waals surface area contributed by atoms with Crippen LogP contribution in [0.25, 0.3) is 5.82 Å². The predicted molar refractivity (Wildman–Crippen MR) is 66.7 cm³/mol. The summed E-state index contributed by atoms with van der Waals surface area (Å²) in [5, 5.41) is 7.60. The van der Waals surface area contributed by atoms with E-state index < -0.39 is 0 Å². The molecule has 0 unspecified atom stereocenters. The van der Waals surface area contributed by atoms with Gasteiger partial charge in [0.05, 0.1) is 22.6 Å². The quantitative estimate of drug-likeness (QED) is 0.932. The van der Waals surface area contributed by atoms with Crippen LogP contribution in [0.3, 0.4) is 0 Å². The highest BCUT2D eigenvalue weighted by molar-refractivity contribution is 9.10. The van der Waals surface area contributed by atoms with Crippen LogP contribution in [-0.2, 0) is 6.54 Å². The first-order chi connectivity index (χ1) is 8.31. The second-order valence-corrected chi connectivity index (χ2v) is 5.04. The zero-order valence-corrected chi connectivity index (χ0v) is 10.8. The second-order valence-electron chi connectivity index (χ2n) is 4.13. The molecule has 5 nitrogen and oxygen atoms in total. The van der Waals surface area contributed by atoms with Crippen LogP contribution in [0.4, 0.5) is 0 Å². The summed E-state index contributed by atoms with van der Waals surface area (Å²) in [6, 6.07) is 0.680. The van der Waals surface area contributed by atoms with E-state index >= 15 is 0 Å². The van der Waals surface area contributed by atoms with Crippen molar-refractivity contribution in [3.05, 3.63) is 35.0 Å². The topological polar surface area (TPSA) is 55.6 Å². The zero-order valence-electron chi connectivity index (χ0n) is 9.17. The molecule has 1 N–H and O–H groups in total. The van der Waals surface area contributed by atoms with Crippen LogP contribution in [0.1, 0.15) is 18.5 Å². The molecular formula is C11H12BrN5. The van der Waals surface area contributed by atoms with Crippen LogP contribution in [-0.4, -0.2) is 25.8 Å². The van der Waals surface area contributed by atoms with Gasteiger partial charge in [0.25, 0.3) is 0 Å². The molecule has 3 rings (SSSR count). The molecule has 6 heteroatoms. The van der Waals surface area contributed by atoms with E-state index in [0.29, 0.717) is 6.04 Å². The summed E-state index contributed by atoms with van der Waals surface area (Å²) < 4.78 is 2.64. The molecule has 0 saturated heterocycles. The predicted octanol–water partition coefficient (Wildman–Crippen LogP) is 1.68. The van der Waals surface area contributed by atoms with E-state index in [1.807, 2.05) is 6.20 Å². The molecule has 1 aliphatic rings. The minimum atomic E-state index is 0.680. The van der Waals surface area contributed by atoms with Gasteiger partial charge in [-0.3, -0.25) is 4.98 Å². The van der Waals surface area contributed by atoms with Crippen LogP contribution in [0.15, 0.2) is 29.3 Å². The summed E-state index contributed by atoms with van der Waals surface area (Å²) in [6.07, 6.45) is 9.65. The number of aromatic nitrogens is 4. The third-order valence-corrected chi connectivity index (χ3v) is 3.02. The molecule has 2 aromatic heterocycles. The third-order valence-electron chi connectivity index (χ3n) is 2.61. The number of hydrogen-bond donors (Lipinski definition) is 1. The Bertz CT molecular complexity index is 520. The van der Waals surface area contributed by atoms with Gasteiger partial charge in [0.2, 0.25) is 0 Å². The molecule has 88 valence electrons. The Hall–Kier alpha value is -1.27. The SMILES string of the molecule is Brc1cnn(-c2cncc(CNC3CC3)n2)c1. The maximum absolute atomic E-state index is 4.51. The number of nitrogens with one attached hydrogen (secondary N) is 1. The first kappa shape index (κ1) is 10.9. The fourth-order valence-electron chi connectivity index (χ4n) is 1.55. The van der Waals surface area contributed by atoms with Crippen LogP contribution in [0.2, 0.25) is 0 Å². The van der Waals surface area contributed by atoms with Gasteiger partial charge in [-0.1, -0.05) is 0 Å². The van der Waals surface area contributed by atoms with Crippen molar-refractivity contribution in [2.75, 3.05) is 0 Å². The van der Waals surface area contributed by atoms with Crippen molar-refractivity contribution in [3.8, 4) is 5.82 Å². The standard InChI is InChI=1S/C11H12BrN5/c12-8-3-15-17(7-8)11-6-13-4-10(16-11)5-14-9-1-2-9/h3-4,6-7,9,14H,1-2,5H2. The molecule has 0 radical (unpaired) electrons. The van der Waals surface area contributed by atoms with E-state index in [4.69, 9.17) is 0 Å². The molecule has 1 saturated carbocycles. The average molecular weight is 294 g/mol. The van der Waals surface area contributed by atoms with Gasteiger partial charge in [0.15, 0.2) is 5.82 Å². The van der Waals surface area contributed by atoms with Gasteiger partial charge >= 0.3 is 0 Å². The van der Waals surface area contributed by atoms with E-state index in [1.54, 1.807) is 23.3 Å². The first-order valence-electron chi connectivity index (χ1n) is 5.56. The summed E-state index contributed by atoms with van der Waals surface area (Å²) in [5.74, 6) is 0.741. The Morgan fingerprint density at radius 2 is 2.24 bits per heavy atom. The Morgan fingerprint density at radius 3 is 2.94 bits per heavy atom. The summed E-state index contributed by atoms with van der Waals surface area (Å²) in [7, 11) is 0. The highest BCUT2D eigenvalue weighted by Gasteiger charge is 2.20. The molecule has 17 heavy (non-hydrogen) atoms. The van der Waals surface area contributed by atoms with Crippen molar-refractivity contribution in [2.45, 2.75) is 25.4 Å². The molecular weight excluding hydrogens is 282 g/mol. The molecule has 0 amide bonds. The molecule has 0 spiro atoms. The fraction of sp³-hybridized carbons (Fsp3) is 0.364. The smallest absolute Gasteiger partial charge is 0.172 e. The van der Waals surface area contributed by atoms with Crippen molar-refractivity contribution in [1.29, 1.82) is 0 Å². The third kappa shape index (κ3) is 2.70. The monoisotopic (exact) mass is 293 g/mol. The van der Waals surface area contributed by atoms with E-state index in [2.05, 4.69) is 36.3 Å². The number of hydrogen-bond acceptors (Lipinski definition) is 4. The molecule has 1 fully saturated rings. The number of rotatable bonds is 4. The molecule has 2 aromatic rings. The molecule has 0 aliphatic heterocycles. The maximum Gasteiger partial charge on any atom is 0.172 e. The average Bonchev–Trinajstić information content (AvgIpc) is 3.08.